The second kappa shape index (κ2) is 3.91. The molecule has 0 aromatic heterocycles. The third-order valence-corrected chi connectivity index (χ3v) is 0.604. The van der Waals surface area contributed by atoms with Crippen molar-refractivity contribution in [3.8, 4) is 0 Å². The van der Waals surface area contributed by atoms with E-state index in [0.29, 0.717) is 0 Å². The Hall–Kier alpha value is -1.03. The largest absolute Gasteiger partial charge is 0.431 e. The van der Waals surface area contributed by atoms with Gasteiger partial charge in [0.25, 0.3) is 0 Å². The van der Waals surface area contributed by atoms with Crippen molar-refractivity contribution in [3.05, 3.63) is 12.5 Å². The minimum atomic E-state index is -1.10. The van der Waals surface area contributed by atoms with Crippen LogP contribution in [0.1, 0.15) is 6.92 Å². The van der Waals surface area contributed by atoms with Crippen molar-refractivity contribution in [2.45, 2.75) is 13.0 Å². The monoisotopic (exact) mass is 131 g/mol. The van der Waals surface area contributed by atoms with E-state index in [2.05, 4.69) is 4.74 Å². The van der Waals surface area contributed by atoms with Crippen molar-refractivity contribution < 1.29 is 14.6 Å². The molecule has 0 aliphatic carbocycles. The quantitative estimate of drug-likeness (QED) is 0.385. The fraction of sp³-hybridized carbons (Fsp3) is 0.400. The van der Waals surface area contributed by atoms with E-state index in [1.165, 1.54) is 6.92 Å². The number of ether oxygens (including phenoxy) is 1. The van der Waals surface area contributed by atoms with Crippen molar-refractivity contribution >= 4 is 5.97 Å². The Morgan fingerprint density at radius 3 is 2.78 bits per heavy atom. The molecule has 0 aromatic rings. The summed E-state index contributed by atoms with van der Waals surface area (Å²) < 4.78 is 4.26. The van der Waals surface area contributed by atoms with Gasteiger partial charge >= 0.3 is 5.97 Å². The van der Waals surface area contributed by atoms with Gasteiger partial charge in [-0.25, -0.2) is 4.79 Å². The third-order valence-electron chi connectivity index (χ3n) is 0.604. The molecule has 1 atom stereocenters. The van der Waals surface area contributed by atoms with Crippen LogP contribution in [0.2, 0.25) is 0 Å². The van der Waals surface area contributed by atoms with Crippen molar-refractivity contribution in [3.63, 3.8) is 0 Å². The average molecular weight is 131 g/mol. The number of esters is 1. The molecule has 0 rings (SSSR count). The first-order valence-corrected chi connectivity index (χ1v) is 2.43. The van der Waals surface area contributed by atoms with E-state index in [9.17, 15) is 4.79 Å². The molecule has 0 spiro atoms. The lowest BCUT2D eigenvalue weighted by molar-refractivity contribution is -0.146. The Kier molecular flexibility index (Phi) is 3.46. The van der Waals surface area contributed by atoms with E-state index in [0.717, 1.165) is 12.5 Å². The molecule has 0 aliphatic heterocycles. The summed E-state index contributed by atoms with van der Waals surface area (Å²) in [5, 5.41) is 8.50. The number of aliphatic hydroxyl groups excluding tert-OH is 1. The normalized spacial score (nSPS) is 13.6. The van der Waals surface area contributed by atoms with Crippen LogP contribution in [0.15, 0.2) is 12.5 Å². The number of aliphatic hydroxyl groups is 1. The van der Waals surface area contributed by atoms with Crippen LogP contribution in [-0.2, 0) is 9.53 Å². The summed E-state index contributed by atoms with van der Waals surface area (Å²) >= 11 is 0. The Morgan fingerprint density at radius 2 is 2.44 bits per heavy atom. The molecule has 4 heteroatoms. The Morgan fingerprint density at radius 1 is 1.89 bits per heavy atom. The van der Waals surface area contributed by atoms with Gasteiger partial charge in [-0.3, -0.25) is 0 Å². The Balaban J connectivity index is 3.51. The lowest BCUT2D eigenvalue weighted by Gasteiger charge is -1.98. The maximum absolute atomic E-state index is 10.3. The zero-order valence-corrected chi connectivity index (χ0v) is 5.07. The van der Waals surface area contributed by atoms with E-state index in [1.54, 1.807) is 0 Å². The molecule has 4 nitrogen and oxygen atoms in total. The average Bonchev–Trinajstić information content (AvgIpc) is 1.82. The second-order valence-corrected chi connectivity index (χ2v) is 1.44. The SMILES string of the molecule is CC(O)C(=O)OC=CN. The molecule has 9 heavy (non-hydrogen) atoms. The van der Waals surface area contributed by atoms with Gasteiger partial charge in [0.2, 0.25) is 0 Å². The van der Waals surface area contributed by atoms with E-state index < -0.39 is 12.1 Å². The fourth-order valence-electron chi connectivity index (χ4n) is 0.205. The van der Waals surface area contributed by atoms with Crippen LogP contribution < -0.4 is 5.73 Å². The molecule has 0 aromatic carbocycles. The summed E-state index contributed by atoms with van der Waals surface area (Å²) in [5.74, 6) is -0.711. The number of carbonyl (C=O) groups is 1. The van der Waals surface area contributed by atoms with E-state index in [1.807, 2.05) is 0 Å². The number of hydrogen-bond acceptors (Lipinski definition) is 4. The van der Waals surface area contributed by atoms with Crippen molar-refractivity contribution in [1.29, 1.82) is 0 Å². The summed E-state index contributed by atoms with van der Waals surface area (Å²) in [7, 11) is 0. The van der Waals surface area contributed by atoms with Crippen molar-refractivity contribution in [2.24, 2.45) is 5.73 Å². The van der Waals surface area contributed by atoms with Crippen LogP contribution in [0.3, 0.4) is 0 Å². The lowest BCUT2D eigenvalue weighted by atomic mass is 10.4. The minimum Gasteiger partial charge on any atom is -0.431 e. The third kappa shape index (κ3) is 3.54. The van der Waals surface area contributed by atoms with Crippen LogP contribution >= 0.6 is 0 Å². The molecule has 52 valence electrons. The highest BCUT2D eigenvalue weighted by Gasteiger charge is 2.06. The van der Waals surface area contributed by atoms with E-state index in [-0.39, 0.29) is 0 Å². The molecule has 0 radical (unpaired) electrons. The number of rotatable bonds is 2. The maximum Gasteiger partial charge on any atom is 0.339 e. The minimum absolute atomic E-state index is 0.711. The van der Waals surface area contributed by atoms with Crippen LogP contribution in [-0.4, -0.2) is 17.2 Å². The van der Waals surface area contributed by atoms with Crippen LogP contribution in [0.4, 0.5) is 0 Å². The molecule has 0 bridgehead atoms. The molecule has 0 aliphatic rings. The van der Waals surface area contributed by atoms with Gasteiger partial charge in [-0.2, -0.15) is 0 Å². The second-order valence-electron chi connectivity index (χ2n) is 1.44. The molecule has 0 saturated heterocycles. The molecular formula is C5H9NO3. The van der Waals surface area contributed by atoms with Gasteiger partial charge in [-0.05, 0) is 6.92 Å². The topological polar surface area (TPSA) is 72.5 Å². The summed E-state index contributed by atoms with van der Waals surface area (Å²) in [6.45, 7) is 1.31. The Bertz CT molecular complexity index is 119. The first-order valence-electron chi connectivity index (χ1n) is 2.43. The standard InChI is InChI=1S/C5H9NO3/c1-4(7)5(8)9-3-2-6/h2-4,7H,6H2,1H3. The molecule has 1 unspecified atom stereocenters. The van der Waals surface area contributed by atoms with Gasteiger partial charge in [0.05, 0.1) is 0 Å². The van der Waals surface area contributed by atoms with Crippen molar-refractivity contribution in [2.75, 3.05) is 0 Å². The summed E-state index contributed by atoms with van der Waals surface area (Å²) in [6, 6.07) is 0. The predicted octanol–water partition coefficient (Wildman–Crippen LogP) is -0.660. The van der Waals surface area contributed by atoms with Crippen LogP contribution in [0.5, 0.6) is 0 Å². The zero-order valence-electron chi connectivity index (χ0n) is 5.07. The van der Waals surface area contributed by atoms with Gasteiger partial charge in [0.1, 0.15) is 12.4 Å². The molecule has 0 heterocycles. The first kappa shape index (κ1) is 7.97. The van der Waals surface area contributed by atoms with E-state index in [4.69, 9.17) is 10.8 Å². The molecule has 3 N–H and O–H groups in total. The predicted molar refractivity (Wildman–Crippen MR) is 31.1 cm³/mol. The number of carbonyl (C=O) groups excluding carboxylic acids is 1. The number of nitrogens with two attached hydrogens (primary N) is 1. The van der Waals surface area contributed by atoms with Gasteiger partial charge in [0.15, 0.2) is 0 Å². The van der Waals surface area contributed by atoms with Crippen molar-refractivity contribution in [1.82, 2.24) is 0 Å². The van der Waals surface area contributed by atoms with Gasteiger partial charge in [-0.1, -0.05) is 0 Å². The lowest BCUT2D eigenvalue weighted by Crippen LogP contribution is -2.16. The highest BCUT2D eigenvalue weighted by atomic mass is 16.5. The maximum atomic E-state index is 10.3. The molecule has 0 saturated carbocycles. The fourth-order valence-corrected chi connectivity index (χ4v) is 0.205. The summed E-state index contributed by atoms with van der Waals surface area (Å²) in [5.41, 5.74) is 4.84. The van der Waals surface area contributed by atoms with Crippen LogP contribution in [0.25, 0.3) is 0 Å². The summed E-state index contributed by atoms with van der Waals surface area (Å²) in [4.78, 5) is 10.3. The molecule has 0 fully saturated rings. The first-order chi connectivity index (χ1) is 4.18. The highest BCUT2D eigenvalue weighted by molar-refractivity contribution is 5.74. The van der Waals surface area contributed by atoms with Gasteiger partial charge in [-0.15, -0.1) is 0 Å². The van der Waals surface area contributed by atoms with Gasteiger partial charge in [0, 0.05) is 6.20 Å². The number of hydrogen-bond donors (Lipinski definition) is 2. The van der Waals surface area contributed by atoms with E-state index >= 15 is 0 Å². The molecule has 0 amide bonds. The smallest absolute Gasteiger partial charge is 0.339 e. The van der Waals surface area contributed by atoms with Gasteiger partial charge < -0.3 is 15.6 Å². The van der Waals surface area contributed by atoms with Crippen LogP contribution in [0, 0.1) is 0 Å². The summed E-state index contributed by atoms with van der Waals surface area (Å²) in [6.07, 6.45) is 0.983. The molecular weight excluding hydrogens is 122 g/mol. The Labute approximate surface area is 52.9 Å². The highest BCUT2D eigenvalue weighted by Crippen LogP contribution is 1.85. The zero-order chi connectivity index (χ0) is 7.28.